The van der Waals surface area contributed by atoms with Gasteiger partial charge in [-0.2, -0.15) is 0 Å². The Morgan fingerprint density at radius 1 is 1.11 bits per heavy atom. The molecule has 7 heteroatoms. The van der Waals surface area contributed by atoms with Crippen LogP contribution < -0.4 is 9.47 Å². The quantitative estimate of drug-likeness (QED) is 0.405. The Hall–Kier alpha value is -2.54. The van der Waals surface area contributed by atoms with Crippen molar-refractivity contribution in [3.63, 3.8) is 0 Å². The number of ether oxygens (including phenoxy) is 2. The molecule has 0 spiro atoms. The molecule has 0 aromatic heterocycles. The van der Waals surface area contributed by atoms with Crippen LogP contribution in [-0.4, -0.2) is 65.8 Å². The average Bonchev–Trinajstić information content (AvgIpc) is 3.42. The van der Waals surface area contributed by atoms with E-state index in [-0.39, 0.29) is 31.2 Å². The van der Waals surface area contributed by atoms with E-state index in [1.807, 2.05) is 23.1 Å². The standard InChI is InChI=1S/C28H40N2O5/c1-3-5-14-29(15-6-4-2)26(31)18-30-17-22(21-12-13-24-25(16-21)35-19-34-24)27(28(32)33)23(30)9-7-8-20-10-11-20/h8,12-13,16,22-23,27H,3-7,9-11,14-15,17-19H2,1-2H3,(H,32,33)/t22-,23+,27-/m1/s1. The minimum Gasteiger partial charge on any atom is -0.481 e. The lowest BCUT2D eigenvalue weighted by Gasteiger charge is -2.29. The molecule has 2 fully saturated rings. The summed E-state index contributed by atoms with van der Waals surface area (Å²) in [5.41, 5.74) is 2.41. The number of rotatable bonds is 13. The minimum absolute atomic E-state index is 0.118. The second-order valence-corrected chi connectivity index (χ2v) is 10.1. The Morgan fingerprint density at radius 2 is 1.83 bits per heavy atom. The fraction of sp³-hybridized carbons (Fsp3) is 0.643. The average molecular weight is 485 g/mol. The first kappa shape index (κ1) is 25.5. The summed E-state index contributed by atoms with van der Waals surface area (Å²) < 4.78 is 11.0. The van der Waals surface area contributed by atoms with Gasteiger partial charge < -0.3 is 19.5 Å². The summed E-state index contributed by atoms with van der Waals surface area (Å²) in [6.07, 6.45) is 10.3. The van der Waals surface area contributed by atoms with E-state index in [9.17, 15) is 14.7 Å². The van der Waals surface area contributed by atoms with Gasteiger partial charge in [0.1, 0.15) is 0 Å². The topological polar surface area (TPSA) is 79.3 Å². The first-order valence-corrected chi connectivity index (χ1v) is 13.3. The van der Waals surface area contributed by atoms with Crippen molar-refractivity contribution in [1.82, 2.24) is 9.80 Å². The van der Waals surface area contributed by atoms with Crippen LogP contribution in [0.15, 0.2) is 29.8 Å². The zero-order valence-electron chi connectivity index (χ0n) is 21.2. The lowest BCUT2D eigenvalue weighted by atomic mass is 9.83. The smallest absolute Gasteiger partial charge is 0.308 e. The summed E-state index contributed by atoms with van der Waals surface area (Å²) >= 11 is 0. The molecule has 1 saturated heterocycles. The number of carboxylic acids is 1. The molecule has 1 N–H and O–H groups in total. The van der Waals surface area contributed by atoms with Crippen molar-refractivity contribution in [3.05, 3.63) is 35.4 Å². The molecule has 1 aromatic rings. The second-order valence-electron chi connectivity index (χ2n) is 10.1. The van der Waals surface area contributed by atoms with Gasteiger partial charge >= 0.3 is 5.97 Å². The second kappa shape index (κ2) is 11.9. The Balaban J connectivity index is 1.55. The van der Waals surface area contributed by atoms with Gasteiger partial charge in [0.2, 0.25) is 12.7 Å². The van der Waals surface area contributed by atoms with Crippen LogP contribution >= 0.6 is 0 Å². The molecule has 2 heterocycles. The van der Waals surface area contributed by atoms with Crippen LogP contribution in [0.3, 0.4) is 0 Å². The van der Waals surface area contributed by atoms with Gasteiger partial charge in [0.15, 0.2) is 11.5 Å². The highest BCUT2D eigenvalue weighted by atomic mass is 16.7. The Kier molecular flexibility index (Phi) is 8.71. The zero-order valence-corrected chi connectivity index (χ0v) is 21.2. The summed E-state index contributed by atoms with van der Waals surface area (Å²) in [5.74, 6) is -0.0794. The fourth-order valence-electron chi connectivity index (χ4n) is 5.40. The van der Waals surface area contributed by atoms with Gasteiger partial charge in [-0.3, -0.25) is 14.5 Å². The van der Waals surface area contributed by atoms with E-state index in [4.69, 9.17) is 9.47 Å². The number of aliphatic carboxylic acids is 1. The van der Waals surface area contributed by atoms with E-state index in [0.29, 0.717) is 18.0 Å². The third-order valence-corrected chi connectivity index (χ3v) is 7.55. The number of fused-ring (bicyclic) bond motifs is 1. The van der Waals surface area contributed by atoms with Gasteiger partial charge in [0, 0.05) is 31.6 Å². The molecule has 3 aliphatic rings. The summed E-state index contributed by atoms with van der Waals surface area (Å²) in [6, 6.07) is 5.57. The highest BCUT2D eigenvalue weighted by Gasteiger charge is 2.47. The SMILES string of the molecule is CCCCN(CCCC)C(=O)CN1C[C@H](c2ccc3c(c2)OCO3)[C@@H](C(=O)O)[C@@H]1CCC=C1CC1. The molecule has 0 radical (unpaired) electrons. The number of carboxylic acid groups (broad SMARTS) is 1. The summed E-state index contributed by atoms with van der Waals surface area (Å²) in [5, 5.41) is 10.3. The van der Waals surface area contributed by atoms with Gasteiger partial charge in [-0.15, -0.1) is 0 Å². The van der Waals surface area contributed by atoms with Crippen molar-refractivity contribution < 1.29 is 24.2 Å². The number of benzene rings is 1. The lowest BCUT2D eigenvalue weighted by molar-refractivity contribution is -0.143. The molecule has 35 heavy (non-hydrogen) atoms. The number of carbonyl (C=O) groups excluding carboxylic acids is 1. The molecule has 1 aromatic carbocycles. The van der Waals surface area contributed by atoms with Crippen LogP contribution in [0.5, 0.6) is 11.5 Å². The number of allylic oxidation sites excluding steroid dienone is 2. The van der Waals surface area contributed by atoms with Crippen LogP contribution in [0.2, 0.25) is 0 Å². The van der Waals surface area contributed by atoms with Crippen LogP contribution in [0, 0.1) is 5.92 Å². The Morgan fingerprint density at radius 3 is 2.49 bits per heavy atom. The van der Waals surface area contributed by atoms with Gasteiger partial charge in [0.05, 0.1) is 12.5 Å². The summed E-state index contributed by atoms with van der Waals surface area (Å²) in [7, 11) is 0. The maximum absolute atomic E-state index is 13.4. The summed E-state index contributed by atoms with van der Waals surface area (Å²) in [6.45, 7) is 6.84. The molecule has 1 aliphatic carbocycles. The van der Waals surface area contributed by atoms with Crippen molar-refractivity contribution >= 4 is 11.9 Å². The number of amides is 1. The largest absolute Gasteiger partial charge is 0.481 e. The molecule has 0 unspecified atom stereocenters. The number of hydrogen-bond donors (Lipinski definition) is 1. The van der Waals surface area contributed by atoms with E-state index < -0.39 is 11.9 Å². The number of unbranched alkanes of at least 4 members (excludes halogenated alkanes) is 2. The van der Waals surface area contributed by atoms with Crippen LogP contribution in [-0.2, 0) is 9.59 Å². The number of likely N-dealkylation sites (tertiary alicyclic amines) is 1. The van der Waals surface area contributed by atoms with Crippen LogP contribution in [0.4, 0.5) is 0 Å². The zero-order chi connectivity index (χ0) is 24.8. The van der Waals surface area contributed by atoms with Crippen LogP contribution in [0.25, 0.3) is 0 Å². The van der Waals surface area contributed by atoms with Crippen molar-refractivity contribution in [2.24, 2.45) is 5.92 Å². The minimum atomic E-state index is -0.791. The van der Waals surface area contributed by atoms with E-state index in [1.165, 1.54) is 18.4 Å². The third kappa shape index (κ3) is 6.37. The molecule has 1 saturated carbocycles. The van der Waals surface area contributed by atoms with Gasteiger partial charge in [-0.1, -0.05) is 44.4 Å². The van der Waals surface area contributed by atoms with Crippen molar-refractivity contribution in [2.45, 2.75) is 77.2 Å². The van der Waals surface area contributed by atoms with E-state index in [0.717, 1.165) is 57.2 Å². The highest BCUT2D eigenvalue weighted by Crippen LogP contribution is 2.43. The Bertz CT molecular complexity index is 916. The first-order chi connectivity index (χ1) is 17.0. The lowest BCUT2D eigenvalue weighted by Crippen LogP contribution is -2.44. The molecular formula is C28H40N2O5. The van der Waals surface area contributed by atoms with Crippen molar-refractivity contribution in [1.29, 1.82) is 0 Å². The maximum atomic E-state index is 13.4. The van der Waals surface area contributed by atoms with Crippen LogP contribution in [0.1, 0.15) is 76.7 Å². The number of carbonyl (C=O) groups is 2. The monoisotopic (exact) mass is 484 g/mol. The van der Waals surface area contributed by atoms with Gasteiger partial charge in [0.25, 0.3) is 0 Å². The molecular weight excluding hydrogens is 444 g/mol. The number of nitrogens with zero attached hydrogens (tertiary/aromatic N) is 2. The van der Waals surface area contributed by atoms with E-state index in [1.54, 1.807) is 0 Å². The Labute approximate surface area is 209 Å². The van der Waals surface area contributed by atoms with E-state index >= 15 is 0 Å². The molecule has 192 valence electrons. The summed E-state index contributed by atoms with van der Waals surface area (Å²) in [4.78, 5) is 30.1. The molecule has 4 rings (SSSR count). The maximum Gasteiger partial charge on any atom is 0.308 e. The molecule has 2 aliphatic heterocycles. The molecule has 7 nitrogen and oxygen atoms in total. The van der Waals surface area contributed by atoms with Crippen molar-refractivity contribution in [3.8, 4) is 11.5 Å². The normalized spacial score (nSPS) is 22.9. The molecule has 0 bridgehead atoms. The predicted molar refractivity (Wildman–Crippen MR) is 135 cm³/mol. The van der Waals surface area contributed by atoms with E-state index in [2.05, 4.69) is 24.8 Å². The fourth-order valence-corrected chi connectivity index (χ4v) is 5.40. The molecule has 1 amide bonds. The third-order valence-electron chi connectivity index (χ3n) is 7.55. The van der Waals surface area contributed by atoms with Crippen molar-refractivity contribution in [2.75, 3.05) is 33.0 Å². The van der Waals surface area contributed by atoms with Gasteiger partial charge in [-0.25, -0.2) is 0 Å². The predicted octanol–water partition coefficient (Wildman–Crippen LogP) is 4.81. The van der Waals surface area contributed by atoms with Gasteiger partial charge in [-0.05, 0) is 56.2 Å². The first-order valence-electron chi connectivity index (χ1n) is 13.3. The number of hydrogen-bond acceptors (Lipinski definition) is 5. The highest BCUT2D eigenvalue weighted by molar-refractivity contribution is 5.79. The molecule has 3 atom stereocenters.